The molecule has 1 aromatic carbocycles. The van der Waals surface area contributed by atoms with Crippen molar-refractivity contribution < 1.29 is 4.74 Å². The summed E-state index contributed by atoms with van der Waals surface area (Å²) in [4.78, 5) is 34.4. The van der Waals surface area contributed by atoms with Gasteiger partial charge < -0.3 is 9.72 Å². The fourth-order valence-corrected chi connectivity index (χ4v) is 1.84. The standard InChI is InChI=1S/C12H10N4O3/c1-19-7-4-2-3-6(5-7)9-13-8-10(14-9)15-12(18)16-11(8)17/h2-5H,1H3,(H3,13,14,15,16,17,18). The first-order valence-electron chi connectivity index (χ1n) is 5.54. The van der Waals surface area contributed by atoms with Crippen LogP contribution in [0.1, 0.15) is 0 Å². The lowest BCUT2D eigenvalue weighted by atomic mass is 10.2. The quantitative estimate of drug-likeness (QED) is 0.626. The minimum Gasteiger partial charge on any atom is -0.497 e. The molecule has 0 unspecified atom stereocenters. The molecule has 96 valence electrons. The molecule has 7 heteroatoms. The van der Waals surface area contributed by atoms with E-state index in [1.165, 1.54) is 0 Å². The molecule has 0 saturated heterocycles. The number of fused-ring (bicyclic) bond motifs is 1. The summed E-state index contributed by atoms with van der Waals surface area (Å²) in [6.07, 6.45) is 0. The third kappa shape index (κ3) is 1.90. The summed E-state index contributed by atoms with van der Waals surface area (Å²) in [5.74, 6) is 1.17. The number of aromatic nitrogens is 4. The molecule has 0 aliphatic carbocycles. The second-order valence-electron chi connectivity index (χ2n) is 3.95. The van der Waals surface area contributed by atoms with Gasteiger partial charge in [0.1, 0.15) is 17.1 Å². The van der Waals surface area contributed by atoms with Gasteiger partial charge in [0.2, 0.25) is 0 Å². The molecule has 0 saturated carbocycles. The summed E-state index contributed by atoms with van der Waals surface area (Å²) in [7, 11) is 1.57. The van der Waals surface area contributed by atoms with Gasteiger partial charge in [-0.3, -0.25) is 14.8 Å². The molecule has 3 rings (SSSR count). The van der Waals surface area contributed by atoms with Crippen LogP contribution in [0.3, 0.4) is 0 Å². The van der Waals surface area contributed by atoms with E-state index in [0.717, 1.165) is 5.56 Å². The molecule has 0 fully saturated rings. The maximum Gasteiger partial charge on any atom is 0.327 e. The second kappa shape index (κ2) is 4.13. The van der Waals surface area contributed by atoms with Crippen molar-refractivity contribution in [2.24, 2.45) is 0 Å². The molecule has 0 aliphatic heterocycles. The van der Waals surface area contributed by atoms with E-state index in [1.807, 2.05) is 12.1 Å². The first-order valence-corrected chi connectivity index (χ1v) is 5.54. The molecule has 0 atom stereocenters. The Bertz CT molecular complexity index is 859. The van der Waals surface area contributed by atoms with E-state index in [9.17, 15) is 9.59 Å². The molecule has 2 aromatic heterocycles. The SMILES string of the molecule is COc1cccc(-c2nc3[nH]c(=O)[nH]c(=O)c3[nH]2)c1. The fraction of sp³-hybridized carbons (Fsp3) is 0.0833. The highest BCUT2D eigenvalue weighted by atomic mass is 16.5. The third-order valence-corrected chi connectivity index (χ3v) is 2.73. The largest absolute Gasteiger partial charge is 0.497 e. The highest BCUT2D eigenvalue weighted by Crippen LogP contribution is 2.21. The van der Waals surface area contributed by atoms with E-state index in [4.69, 9.17) is 4.74 Å². The number of hydrogen-bond donors (Lipinski definition) is 3. The molecule has 0 amide bonds. The van der Waals surface area contributed by atoms with Crippen LogP contribution in [-0.2, 0) is 0 Å². The summed E-state index contributed by atoms with van der Waals surface area (Å²) < 4.78 is 5.13. The van der Waals surface area contributed by atoms with Crippen LogP contribution in [0.5, 0.6) is 5.75 Å². The van der Waals surface area contributed by atoms with Crippen LogP contribution in [0.2, 0.25) is 0 Å². The number of aromatic amines is 3. The predicted molar refractivity (Wildman–Crippen MR) is 69.3 cm³/mol. The van der Waals surface area contributed by atoms with Gasteiger partial charge >= 0.3 is 5.69 Å². The number of benzene rings is 1. The molecule has 0 aliphatic rings. The van der Waals surface area contributed by atoms with E-state index in [1.54, 1.807) is 19.2 Å². The van der Waals surface area contributed by atoms with Gasteiger partial charge in [-0.25, -0.2) is 9.78 Å². The number of hydrogen-bond acceptors (Lipinski definition) is 4. The van der Waals surface area contributed by atoms with Crippen molar-refractivity contribution in [2.45, 2.75) is 0 Å². The number of H-pyrrole nitrogens is 3. The molecule has 3 aromatic rings. The normalized spacial score (nSPS) is 10.8. The average molecular weight is 258 g/mol. The lowest BCUT2D eigenvalue weighted by molar-refractivity contribution is 0.415. The van der Waals surface area contributed by atoms with Crippen molar-refractivity contribution in [3.05, 3.63) is 45.1 Å². The Morgan fingerprint density at radius 1 is 1.16 bits per heavy atom. The molecule has 3 N–H and O–H groups in total. The van der Waals surface area contributed by atoms with Gasteiger partial charge in [0.05, 0.1) is 7.11 Å². The molecule has 0 spiro atoms. The third-order valence-electron chi connectivity index (χ3n) is 2.73. The first-order chi connectivity index (χ1) is 9.17. The summed E-state index contributed by atoms with van der Waals surface area (Å²) >= 11 is 0. The molecular formula is C12H10N4O3. The number of nitrogens with zero attached hydrogens (tertiary/aromatic N) is 1. The van der Waals surface area contributed by atoms with Crippen molar-refractivity contribution >= 4 is 11.2 Å². The average Bonchev–Trinajstić information content (AvgIpc) is 2.83. The molecule has 2 heterocycles. The van der Waals surface area contributed by atoms with Crippen LogP contribution in [0, 0.1) is 0 Å². The predicted octanol–water partition coefficient (Wildman–Crippen LogP) is 0.615. The van der Waals surface area contributed by atoms with Gasteiger partial charge in [-0.1, -0.05) is 12.1 Å². The summed E-state index contributed by atoms with van der Waals surface area (Å²) in [5.41, 5.74) is 0.140. The van der Waals surface area contributed by atoms with Gasteiger partial charge in [-0.15, -0.1) is 0 Å². The molecule has 7 nitrogen and oxygen atoms in total. The Morgan fingerprint density at radius 3 is 2.79 bits per heavy atom. The van der Waals surface area contributed by atoms with Gasteiger partial charge in [0.25, 0.3) is 5.56 Å². The Kier molecular flexibility index (Phi) is 2.45. The van der Waals surface area contributed by atoms with Crippen molar-refractivity contribution in [3.63, 3.8) is 0 Å². The fourth-order valence-electron chi connectivity index (χ4n) is 1.84. The molecular weight excluding hydrogens is 248 g/mol. The van der Waals surface area contributed by atoms with Crippen LogP contribution >= 0.6 is 0 Å². The molecule has 19 heavy (non-hydrogen) atoms. The van der Waals surface area contributed by atoms with Gasteiger partial charge in [-0.05, 0) is 12.1 Å². The Morgan fingerprint density at radius 2 is 2.00 bits per heavy atom. The van der Waals surface area contributed by atoms with Crippen LogP contribution in [-0.4, -0.2) is 27.0 Å². The summed E-state index contributed by atoms with van der Waals surface area (Å²) in [5, 5.41) is 0. The van der Waals surface area contributed by atoms with Gasteiger partial charge in [-0.2, -0.15) is 0 Å². The zero-order valence-corrected chi connectivity index (χ0v) is 9.98. The monoisotopic (exact) mass is 258 g/mol. The lowest BCUT2D eigenvalue weighted by Gasteiger charge is -2.00. The van der Waals surface area contributed by atoms with Crippen molar-refractivity contribution in [1.29, 1.82) is 0 Å². The number of methoxy groups -OCH3 is 1. The number of rotatable bonds is 2. The highest BCUT2D eigenvalue weighted by molar-refractivity contribution is 5.74. The zero-order valence-electron chi connectivity index (χ0n) is 9.98. The number of nitrogens with one attached hydrogen (secondary N) is 3. The lowest BCUT2D eigenvalue weighted by Crippen LogP contribution is -2.21. The number of imidazole rings is 1. The van der Waals surface area contributed by atoms with E-state index < -0.39 is 11.2 Å². The van der Waals surface area contributed by atoms with E-state index >= 15 is 0 Å². The highest BCUT2D eigenvalue weighted by Gasteiger charge is 2.09. The van der Waals surface area contributed by atoms with Crippen LogP contribution in [0.25, 0.3) is 22.6 Å². The van der Waals surface area contributed by atoms with Crippen molar-refractivity contribution in [2.75, 3.05) is 7.11 Å². The maximum atomic E-state index is 11.6. The van der Waals surface area contributed by atoms with E-state index in [-0.39, 0.29) is 11.2 Å². The van der Waals surface area contributed by atoms with Gasteiger partial charge in [0.15, 0.2) is 5.65 Å². The zero-order chi connectivity index (χ0) is 13.4. The van der Waals surface area contributed by atoms with Crippen LogP contribution in [0.15, 0.2) is 33.9 Å². The van der Waals surface area contributed by atoms with Crippen molar-refractivity contribution in [3.8, 4) is 17.1 Å². The minimum atomic E-state index is -0.582. The maximum absolute atomic E-state index is 11.6. The Labute approximate surface area is 106 Å². The topological polar surface area (TPSA) is 104 Å². The second-order valence-corrected chi connectivity index (χ2v) is 3.95. The molecule has 0 bridgehead atoms. The Balaban J connectivity index is 2.23. The summed E-state index contributed by atoms with van der Waals surface area (Å²) in [6.45, 7) is 0. The summed E-state index contributed by atoms with van der Waals surface area (Å²) in [6, 6.07) is 7.23. The first kappa shape index (κ1) is 11.3. The van der Waals surface area contributed by atoms with Crippen LogP contribution in [0.4, 0.5) is 0 Å². The van der Waals surface area contributed by atoms with Crippen molar-refractivity contribution in [1.82, 2.24) is 19.9 Å². The van der Waals surface area contributed by atoms with E-state index in [0.29, 0.717) is 11.6 Å². The smallest absolute Gasteiger partial charge is 0.327 e. The number of ether oxygens (including phenoxy) is 1. The van der Waals surface area contributed by atoms with Gasteiger partial charge in [0, 0.05) is 5.56 Å². The molecule has 0 radical (unpaired) electrons. The Hall–Kier alpha value is -2.83. The van der Waals surface area contributed by atoms with Crippen LogP contribution < -0.4 is 16.0 Å². The van der Waals surface area contributed by atoms with E-state index in [2.05, 4.69) is 19.9 Å². The minimum absolute atomic E-state index is 0.228.